The minimum absolute atomic E-state index is 0.140. The molecule has 0 radical (unpaired) electrons. The molecule has 0 atom stereocenters. The molecular formula is C23H23N5O2S2. The van der Waals surface area contributed by atoms with Gasteiger partial charge in [-0.3, -0.25) is 4.79 Å². The Kier molecular flexibility index (Phi) is 6.87. The highest BCUT2D eigenvalue weighted by Crippen LogP contribution is 2.30. The Balaban J connectivity index is 1.38. The summed E-state index contributed by atoms with van der Waals surface area (Å²) in [4.78, 5) is 17.0. The number of thioether (sulfide) groups is 1. The lowest BCUT2D eigenvalue weighted by Crippen LogP contribution is -2.14. The maximum absolute atomic E-state index is 12.5. The normalized spacial score (nSPS) is 10.8. The third-order valence-corrected chi connectivity index (χ3v) is 6.70. The van der Waals surface area contributed by atoms with Crippen molar-refractivity contribution >= 4 is 34.1 Å². The second-order valence-corrected chi connectivity index (χ2v) is 8.79. The zero-order chi connectivity index (χ0) is 22.5. The maximum atomic E-state index is 12.5. The predicted molar refractivity (Wildman–Crippen MR) is 129 cm³/mol. The first-order valence-corrected chi connectivity index (χ1v) is 12.0. The average Bonchev–Trinajstić information content (AvgIpc) is 3.44. The summed E-state index contributed by atoms with van der Waals surface area (Å²) in [6.45, 7) is 2.13. The number of anilines is 1. The number of nitrogens with zero attached hydrogens (tertiary/aromatic N) is 4. The van der Waals surface area contributed by atoms with Gasteiger partial charge in [0.25, 0.3) is 0 Å². The molecule has 164 valence electrons. The molecule has 0 fully saturated rings. The Labute approximate surface area is 194 Å². The van der Waals surface area contributed by atoms with Gasteiger partial charge in [-0.05, 0) is 24.1 Å². The third kappa shape index (κ3) is 4.84. The molecule has 4 rings (SSSR count). The fourth-order valence-electron chi connectivity index (χ4n) is 3.16. The highest BCUT2D eigenvalue weighted by Gasteiger charge is 2.16. The van der Waals surface area contributed by atoms with Gasteiger partial charge in [-0.25, -0.2) is 4.98 Å². The Morgan fingerprint density at radius 2 is 1.94 bits per heavy atom. The number of carbonyl (C=O) groups excluding carboxylic acids is 1. The van der Waals surface area contributed by atoms with E-state index in [-0.39, 0.29) is 11.7 Å². The van der Waals surface area contributed by atoms with Gasteiger partial charge < -0.3 is 14.6 Å². The van der Waals surface area contributed by atoms with Crippen molar-refractivity contribution in [2.45, 2.75) is 18.5 Å². The summed E-state index contributed by atoms with van der Waals surface area (Å²) >= 11 is 2.74. The Hall–Kier alpha value is -3.17. The summed E-state index contributed by atoms with van der Waals surface area (Å²) in [5.74, 6) is 1.47. The van der Waals surface area contributed by atoms with Gasteiger partial charge in [-0.2, -0.15) is 0 Å². The molecule has 1 N–H and O–H groups in total. The van der Waals surface area contributed by atoms with Gasteiger partial charge in [0.1, 0.15) is 5.75 Å². The molecule has 4 aromatic rings. The zero-order valence-corrected chi connectivity index (χ0v) is 19.7. The van der Waals surface area contributed by atoms with Gasteiger partial charge in [0, 0.05) is 18.0 Å². The largest absolute Gasteiger partial charge is 0.496 e. The zero-order valence-electron chi connectivity index (χ0n) is 18.0. The molecule has 2 heterocycles. The van der Waals surface area contributed by atoms with Crippen LogP contribution in [-0.2, 0) is 18.3 Å². The van der Waals surface area contributed by atoms with Gasteiger partial charge in [0.05, 0.1) is 24.1 Å². The average molecular weight is 466 g/mol. The molecule has 2 aromatic carbocycles. The number of aryl methyl sites for hydroxylation is 1. The van der Waals surface area contributed by atoms with E-state index in [4.69, 9.17) is 4.74 Å². The highest BCUT2D eigenvalue weighted by atomic mass is 32.2. The standard InChI is InChI=1S/C23H23N5O2S2/c1-4-15-9-11-16(12-10-15)18-13-31-22(24-18)25-20(29)14-32-23-27-26-21(28(23)2)17-7-5-6-8-19(17)30-3/h5-13H,4,14H2,1-3H3,(H,24,25,29). The number of rotatable bonds is 8. The van der Waals surface area contributed by atoms with Gasteiger partial charge in [-0.1, -0.05) is 55.1 Å². The number of amides is 1. The van der Waals surface area contributed by atoms with E-state index in [0.29, 0.717) is 16.1 Å². The lowest BCUT2D eigenvalue weighted by atomic mass is 10.1. The first kappa shape index (κ1) is 22.0. The minimum Gasteiger partial charge on any atom is -0.496 e. The summed E-state index contributed by atoms with van der Waals surface area (Å²) in [6.07, 6.45) is 1.00. The number of hydrogen-bond acceptors (Lipinski definition) is 7. The second kappa shape index (κ2) is 9.97. The van der Waals surface area contributed by atoms with Crippen molar-refractivity contribution < 1.29 is 9.53 Å². The molecule has 0 aliphatic carbocycles. The summed E-state index contributed by atoms with van der Waals surface area (Å²) < 4.78 is 7.27. The lowest BCUT2D eigenvalue weighted by molar-refractivity contribution is -0.113. The second-order valence-electron chi connectivity index (χ2n) is 6.99. The van der Waals surface area contributed by atoms with Crippen molar-refractivity contribution in [3.05, 3.63) is 59.5 Å². The van der Waals surface area contributed by atoms with Crippen LogP contribution in [0.4, 0.5) is 5.13 Å². The van der Waals surface area contributed by atoms with Crippen LogP contribution in [0.2, 0.25) is 0 Å². The van der Waals surface area contributed by atoms with Crippen molar-refractivity contribution in [1.29, 1.82) is 0 Å². The maximum Gasteiger partial charge on any atom is 0.236 e. The topological polar surface area (TPSA) is 81.9 Å². The summed E-state index contributed by atoms with van der Waals surface area (Å²) in [5, 5.41) is 14.6. The highest BCUT2D eigenvalue weighted by molar-refractivity contribution is 7.99. The van der Waals surface area contributed by atoms with Crippen LogP contribution >= 0.6 is 23.1 Å². The van der Waals surface area contributed by atoms with E-state index in [9.17, 15) is 4.79 Å². The molecule has 0 saturated carbocycles. The summed E-state index contributed by atoms with van der Waals surface area (Å²) in [6, 6.07) is 16.0. The molecule has 0 aliphatic heterocycles. The summed E-state index contributed by atoms with van der Waals surface area (Å²) in [5.41, 5.74) is 4.03. The van der Waals surface area contributed by atoms with Crippen LogP contribution < -0.4 is 10.1 Å². The Morgan fingerprint density at radius 3 is 2.69 bits per heavy atom. The number of hydrogen-bond donors (Lipinski definition) is 1. The number of thiazole rings is 1. The van der Waals surface area contributed by atoms with E-state index in [1.807, 2.05) is 41.3 Å². The quantitative estimate of drug-likeness (QED) is 0.373. The number of benzene rings is 2. The van der Waals surface area contributed by atoms with E-state index in [2.05, 4.69) is 51.7 Å². The van der Waals surface area contributed by atoms with E-state index >= 15 is 0 Å². The van der Waals surface area contributed by atoms with Crippen molar-refractivity contribution in [2.75, 3.05) is 18.2 Å². The van der Waals surface area contributed by atoms with Crippen LogP contribution in [0.1, 0.15) is 12.5 Å². The Morgan fingerprint density at radius 1 is 1.16 bits per heavy atom. The van der Waals surface area contributed by atoms with Crippen LogP contribution in [0, 0.1) is 0 Å². The third-order valence-electron chi connectivity index (χ3n) is 4.92. The molecule has 9 heteroatoms. The molecule has 0 spiro atoms. The van der Waals surface area contributed by atoms with Crippen molar-refractivity contribution in [3.63, 3.8) is 0 Å². The summed E-state index contributed by atoms with van der Waals surface area (Å²) in [7, 11) is 3.50. The van der Waals surface area contributed by atoms with Crippen molar-refractivity contribution in [3.8, 4) is 28.4 Å². The molecule has 0 bridgehead atoms. The number of methoxy groups -OCH3 is 1. The number of ether oxygens (including phenoxy) is 1. The van der Waals surface area contributed by atoms with Crippen molar-refractivity contribution in [1.82, 2.24) is 19.7 Å². The monoisotopic (exact) mass is 465 g/mol. The number of aromatic nitrogens is 4. The van der Waals surface area contributed by atoms with Crippen molar-refractivity contribution in [2.24, 2.45) is 7.05 Å². The molecular weight excluding hydrogens is 442 g/mol. The SMILES string of the molecule is CCc1ccc(-c2csc(NC(=O)CSc3nnc(-c4ccccc4OC)n3C)n2)cc1. The molecule has 7 nitrogen and oxygen atoms in total. The first-order valence-electron chi connectivity index (χ1n) is 10.1. The first-order chi connectivity index (χ1) is 15.6. The fourth-order valence-corrected chi connectivity index (χ4v) is 4.61. The van der Waals surface area contributed by atoms with Crippen LogP contribution in [-0.4, -0.2) is 38.5 Å². The van der Waals surface area contributed by atoms with E-state index in [1.165, 1.54) is 28.7 Å². The number of para-hydroxylation sites is 1. The van der Waals surface area contributed by atoms with E-state index in [0.717, 1.165) is 29.0 Å². The number of nitrogens with one attached hydrogen (secondary N) is 1. The van der Waals surface area contributed by atoms with Crippen LogP contribution in [0.25, 0.3) is 22.6 Å². The van der Waals surface area contributed by atoms with Crippen LogP contribution in [0.5, 0.6) is 5.75 Å². The van der Waals surface area contributed by atoms with Crippen LogP contribution in [0.15, 0.2) is 59.1 Å². The van der Waals surface area contributed by atoms with Gasteiger partial charge in [0.2, 0.25) is 5.91 Å². The number of carbonyl (C=O) groups is 1. The van der Waals surface area contributed by atoms with Gasteiger partial charge >= 0.3 is 0 Å². The van der Waals surface area contributed by atoms with E-state index < -0.39 is 0 Å². The molecule has 1 amide bonds. The van der Waals surface area contributed by atoms with Crippen LogP contribution in [0.3, 0.4) is 0 Å². The molecule has 0 saturated heterocycles. The minimum atomic E-state index is -0.140. The molecule has 0 aliphatic rings. The molecule has 2 aromatic heterocycles. The smallest absolute Gasteiger partial charge is 0.236 e. The van der Waals surface area contributed by atoms with Gasteiger partial charge in [0.15, 0.2) is 16.1 Å². The van der Waals surface area contributed by atoms with E-state index in [1.54, 1.807) is 7.11 Å². The van der Waals surface area contributed by atoms with Gasteiger partial charge in [-0.15, -0.1) is 21.5 Å². The lowest BCUT2D eigenvalue weighted by Gasteiger charge is -2.08. The fraction of sp³-hybridized carbons (Fsp3) is 0.217. The molecule has 0 unspecified atom stereocenters. The Bertz CT molecular complexity index is 1220. The molecule has 32 heavy (non-hydrogen) atoms. The predicted octanol–water partition coefficient (Wildman–Crippen LogP) is 4.91.